The van der Waals surface area contributed by atoms with Crippen LogP contribution in [0.15, 0.2) is 24.3 Å². The van der Waals surface area contributed by atoms with Crippen molar-refractivity contribution in [2.75, 3.05) is 11.9 Å². The lowest BCUT2D eigenvalue weighted by Gasteiger charge is -2.21. The number of nitrogens with one attached hydrogen (secondary N) is 1. The Balaban J connectivity index is 1.97. The predicted octanol–water partition coefficient (Wildman–Crippen LogP) is 1.82. The topological polar surface area (TPSA) is 75.6 Å². The van der Waals surface area contributed by atoms with Gasteiger partial charge in [0.1, 0.15) is 6.10 Å². The first-order valence-electron chi connectivity index (χ1n) is 6.38. The Labute approximate surface area is 111 Å². The maximum Gasteiger partial charge on any atom is 0.307 e. The molecule has 19 heavy (non-hydrogen) atoms. The molecule has 1 aromatic rings. The molecule has 1 aliphatic rings. The zero-order valence-corrected chi connectivity index (χ0v) is 10.6. The molecule has 2 N–H and O–H groups in total. The highest BCUT2D eigenvalue weighted by Crippen LogP contribution is 2.16. The molecule has 1 aromatic carbocycles. The van der Waals surface area contributed by atoms with Crippen molar-refractivity contribution in [1.29, 1.82) is 0 Å². The van der Waals surface area contributed by atoms with Gasteiger partial charge in [-0.1, -0.05) is 12.1 Å². The molecule has 0 radical (unpaired) electrons. The zero-order chi connectivity index (χ0) is 13.7. The van der Waals surface area contributed by atoms with Gasteiger partial charge in [-0.05, 0) is 37.0 Å². The van der Waals surface area contributed by atoms with Gasteiger partial charge in [-0.3, -0.25) is 9.59 Å². The summed E-state index contributed by atoms with van der Waals surface area (Å²) < 4.78 is 5.40. The van der Waals surface area contributed by atoms with Crippen LogP contribution in [0.25, 0.3) is 0 Å². The Kier molecular flexibility index (Phi) is 4.52. The van der Waals surface area contributed by atoms with Gasteiger partial charge in [0.15, 0.2) is 0 Å². The standard InChI is InChI=1S/C14H17NO4/c16-13(17)9-10-4-3-5-11(8-10)15-14(18)12-6-1-2-7-19-12/h3-5,8,12H,1-2,6-7,9H2,(H,15,18)(H,16,17). The smallest absolute Gasteiger partial charge is 0.307 e. The number of ether oxygens (including phenoxy) is 1. The second kappa shape index (κ2) is 6.33. The molecule has 0 aliphatic carbocycles. The van der Waals surface area contributed by atoms with E-state index in [0.29, 0.717) is 17.9 Å². The molecular weight excluding hydrogens is 246 g/mol. The van der Waals surface area contributed by atoms with Gasteiger partial charge in [-0.25, -0.2) is 0 Å². The molecule has 2 rings (SSSR count). The molecule has 1 saturated heterocycles. The molecule has 1 atom stereocenters. The summed E-state index contributed by atoms with van der Waals surface area (Å²) >= 11 is 0. The predicted molar refractivity (Wildman–Crippen MR) is 70.0 cm³/mol. The van der Waals surface area contributed by atoms with Crippen molar-refractivity contribution >= 4 is 17.6 Å². The highest BCUT2D eigenvalue weighted by atomic mass is 16.5. The number of hydrogen-bond acceptors (Lipinski definition) is 3. The van der Waals surface area contributed by atoms with Crippen LogP contribution in [-0.4, -0.2) is 29.7 Å². The fourth-order valence-corrected chi connectivity index (χ4v) is 2.10. The van der Waals surface area contributed by atoms with E-state index in [0.717, 1.165) is 19.3 Å². The van der Waals surface area contributed by atoms with Crippen LogP contribution in [0.2, 0.25) is 0 Å². The van der Waals surface area contributed by atoms with Gasteiger partial charge >= 0.3 is 5.97 Å². The zero-order valence-electron chi connectivity index (χ0n) is 10.6. The molecule has 1 heterocycles. The number of benzene rings is 1. The van der Waals surface area contributed by atoms with Gasteiger partial charge in [0, 0.05) is 12.3 Å². The summed E-state index contributed by atoms with van der Waals surface area (Å²) in [4.78, 5) is 22.6. The van der Waals surface area contributed by atoms with Gasteiger partial charge in [-0.2, -0.15) is 0 Å². The second-order valence-electron chi connectivity index (χ2n) is 4.62. The number of carbonyl (C=O) groups is 2. The summed E-state index contributed by atoms with van der Waals surface area (Å²) in [6, 6.07) is 6.87. The molecular formula is C14H17NO4. The molecule has 0 aromatic heterocycles. The maximum atomic E-state index is 11.9. The molecule has 0 bridgehead atoms. The number of rotatable bonds is 4. The van der Waals surface area contributed by atoms with Gasteiger partial charge in [0.25, 0.3) is 5.91 Å². The van der Waals surface area contributed by atoms with E-state index in [4.69, 9.17) is 9.84 Å². The Morgan fingerprint density at radius 3 is 2.89 bits per heavy atom. The molecule has 1 unspecified atom stereocenters. The third kappa shape index (κ3) is 4.06. The second-order valence-corrected chi connectivity index (χ2v) is 4.62. The van der Waals surface area contributed by atoms with Crippen LogP contribution >= 0.6 is 0 Å². The number of carboxylic acids is 1. The first-order chi connectivity index (χ1) is 9.15. The van der Waals surface area contributed by atoms with E-state index in [-0.39, 0.29) is 12.3 Å². The SMILES string of the molecule is O=C(O)Cc1cccc(NC(=O)C2CCCCO2)c1. The Morgan fingerprint density at radius 1 is 1.37 bits per heavy atom. The molecule has 0 spiro atoms. The van der Waals surface area contributed by atoms with Gasteiger partial charge < -0.3 is 15.2 Å². The van der Waals surface area contributed by atoms with E-state index >= 15 is 0 Å². The molecule has 1 fully saturated rings. The summed E-state index contributed by atoms with van der Waals surface area (Å²) in [5.41, 5.74) is 1.27. The fraction of sp³-hybridized carbons (Fsp3) is 0.429. The van der Waals surface area contributed by atoms with Crippen LogP contribution in [0.5, 0.6) is 0 Å². The van der Waals surface area contributed by atoms with Crippen LogP contribution < -0.4 is 5.32 Å². The van der Waals surface area contributed by atoms with Crippen LogP contribution in [0.4, 0.5) is 5.69 Å². The van der Waals surface area contributed by atoms with Crippen molar-refractivity contribution in [3.63, 3.8) is 0 Å². The van der Waals surface area contributed by atoms with Crippen molar-refractivity contribution < 1.29 is 19.4 Å². The molecule has 1 aliphatic heterocycles. The van der Waals surface area contributed by atoms with Crippen LogP contribution in [-0.2, 0) is 20.7 Å². The summed E-state index contributed by atoms with van der Waals surface area (Å²) in [7, 11) is 0. The first-order valence-corrected chi connectivity index (χ1v) is 6.38. The number of carboxylic acid groups (broad SMARTS) is 1. The van der Waals surface area contributed by atoms with E-state index < -0.39 is 12.1 Å². The molecule has 5 heteroatoms. The average Bonchev–Trinajstić information content (AvgIpc) is 2.39. The lowest BCUT2D eigenvalue weighted by Crippen LogP contribution is -2.33. The third-order valence-electron chi connectivity index (χ3n) is 3.02. The van der Waals surface area contributed by atoms with Gasteiger partial charge in [0.2, 0.25) is 0 Å². The largest absolute Gasteiger partial charge is 0.481 e. The van der Waals surface area contributed by atoms with Crippen LogP contribution in [0, 0.1) is 0 Å². The Hall–Kier alpha value is -1.88. The fourth-order valence-electron chi connectivity index (χ4n) is 2.10. The van der Waals surface area contributed by atoms with E-state index in [9.17, 15) is 9.59 Å². The third-order valence-corrected chi connectivity index (χ3v) is 3.02. The quantitative estimate of drug-likeness (QED) is 0.868. The van der Waals surface area contributed by atoms with Gasteiger partial charge in [-0.15, -0.1) is 0 Å². The number of carbonyl (C=O) groups excluding carboxylic acids is 1. The highest BCUT2D eigenvalue weighted by molar-refractivity contribution is 5.94. The normalized spacial score (nSPS) is 18.8. The van der Waals surface area contributed by atoms with Crippen LogP contribution in [0.3, 0.4) is 0 Å². The molecule has 5 nitrogen and oxygen atoms in total. The Bertz CT molecular complexity index is 466. The maximum absolute atomic E-state index is 11.9. The minimum absolute atomic E-state index is 0.0519. The summed E-state index contributed by atoms with van der Waals surface area (Å²) in [6.07, 6.45) is 2.29. The van der Waals surface area contributed by atoms with Crippen molar-refractivity contribution in [3.8, 4) is 0 Å². The summed E-state index contributed by atoms with van der Waals surface area (Å²) in [5.74, 6) is -1.05. The minimum Gasteiger partial charge on any atom is -0.481 e. The molecule has 102 valence electrons. The minimum atomic E-state index is -0.890. The van der Waals surface area contributed by atoms with E-state index in [1.165, 1.54) is 0 Å². The van der Waals surface area contributed by atoms with Crippen molar-refractivity contribution in [2.45, 2.75) is 31.8 Å². The van der Waals surface area contributed by atoms with E-state index in [2.05, 4.69) is 5.32 Å². The monoisotopic (exact) mass is 263 g/mol. The van der Waals surface area contributed by atoms with Crippen molar-refractivity contribution in [3.05, 3.63) is 29.8 Å². The van der Waals surface area contributed by atoms with E-state index in [1.807, 2.05) is 0 Å². The number of aliphatic carboxylic acids is 1. The lowest BCUT2D eigenvalue weighted by atomic mass is 10.1. The highest BCUT2D eigenvalue weighted by Gasteiger charge is 2.21. The Morgan fingerprint density at radius 2 is 2.21 bits per heavy atom. The van der Waals surface area contributed by atoms with E-state index in [1.54, 1.807) is 24.3 Å². The number of amides is 1. The number of anilines is 1. The molecule has 0 saturated carbocycles. The lowest BCUT2D eigenvalue weighted by molar-refractivity contribution is -0.136. The van der Waals surface area contributed by atoms with Crippen molar-refractivity contribution in [1.82, 2.24) is 0 Å². The van der Waals surface area contributed by atoms with Gasteiger partial charge in [0.05, 0.1) is 6.42 Å². The average molecular weight is 263 g/mol. The van der Waals surface area contributed by atoms with Crippen LogP contribution in [0.1, 0.15) is 24.8 Å². The van der Waals surface area contributed by atoms with Crippen molar-refractivity contribution in [2.24, 2.45) is 0 Å². The summed E-state index contributed by atoms with van der Waals surface area (Å²) in [6.45, 7) is 0.622. The summed E-state index contributed by atoms with van der Waals surface area (Å²) in [5, 5.41) is 11.5. The first kappa shape index (κ1) is 13.5. The molecule has 1 amide bonds. The number of hydrogen-bond donors (Lipinski definition) is 2.